The Morgan fingerprint density at radius 2 is 2.50 bits per heavy atom. The molecule has 0 aliphatic carbocycles. The van der Waals surface area contributed by atoms with Gasteiger partial charge in [0.1, 0.15) is 0 Å². The van der Waals surface area contributed by atoms with Crippen molar-refractivity contribution in [3.63, 3.8) is 0 Å². The summed E-state index contributed by atoms with van der Waals surface area (Å²) < 4.78 is 0. The summed E-state index contributed by atoms with van der Waals surface area (Å²) in [5.41, 5.74) is 0. The molecule has 2 heteroatoms. The van der Waals surface area contributed by atoms with Gasteiger partial charge in [0.25, 0.3) is 0 Å². The SMILES string of the molecule is C#CC(CCC)OO. The van der Waals surface area contributed by atoms with Crippen LogP contribution in [-0.2, 0) is 4.89 Å². The van der Waals surface area contributed by atoms with Crippen LogP contribution >= 0.6 is 0 Å². The van der Waals surface area contributed by atoms with E-state index in [0.29, 0.717) is 6.42 Å². The average molecular weight is 114 g/mol. The highest BCUT2D eigenvalue weighted by Crippen LogP contribution is 1.96. The Balaban J connectivity index is 3.26. The van der Waals surface area contributed by atoms with Gasteiger partial charge in [0, 0.05) is 0 Å². The van der Waals surface area contributed by atoms with Gasteiger partial charge in [0.2, 0.25) is 0 Å². The van der Waals surface area contributed by atoms with Gasteiger partial charge in [0.15, 0.2) is 6.10 Å². The summed E-state index contributed by atoms with van der Waals surface area (Å²) >= 11 is 0. The van der Waals surface area contributed by atoms with Crippen LogP contribution in [0.5, 0.6) is 0 Å². The molecule has 0 spiro atoms. The van der Waals surface area contributed by atoms with Crippen molar-refractivity contribution in [3.05, 3.63) is 0 Å². The molecular weight excluding hydrogens is 104 g/mol. The predicted octanol–water partition coefficient (Wildman–Crippen LogP) is 1.28. The lowest BCUT2D eigenvalue weighted by Crippen LogP contribution is -2.05. The van der Waals surface area contributed by atoms with Gasteiger partial charge in [-0.1, -0.05) is 19.3 Å². The van der Waals surface area contributed by atoms with Crippen LogP contribution in [0, 0.1) is 12.3 Å². The van der Waals surface area contributed by atoms with E-state index in [4.69, 9.17) is 11.7 Å². The van der Waals surface area contributed by atoms with Crippen molar-refractivity contribution in [2.75, 3.05) is 0 Å². The molecule has 0 aliphatic heterocycles. The zero-order valence-corrected chi connectivity index (χ0v) is 4.92. The monoisotopic (exact) mass is 114 g/mol. The van der Waals surface area contributed by atoms with Gasteiger partial charge in [-0.25, -0.2) is 4.89 Å². The van der Waals surface area contributed by atoms with Gasteiger partial charge in [-0.2, -0.15) is 0 Å². The molecule has 0 aromatic carbocycles. The molecule has 0 aliphatic rings. The molecule has 0 radical (unpaired) electrons. The molecule has 0 aromatic heterocycles. The average Bonchev–Trinajstić information content (AvgIpc) is 1.83. The maximum absolute atomic E-state index is 8.01. The van der Waals surface area contributed by atoms with E-state index >= 15 is 0 Å². The van der Waals surface area contributed by atoms with Gasteiger partial charge >= 0.3 is 0 Å². The molecule has 0 amide bonds. The first-order valence-electron chi connectivity index (χ1n) is 2.61. The van der Waals surface area contributed by atoms with Gasteiger partial charge in [-0.3, -0.25) is 5.26 Å². The summed E-state index contributed by atoms with van der Waals surface area (Å²) in [6, 6.07) is 0. The second kappa shape index (κ2) is 4.63. The zero-order valence-electron chi connectivity index (χ0n) is 4.92. The molecule has 46 valence electrons. The summed E-state index contributed by atoms with van der Waals surface area (Å²) in [7, 11) is 0. The predicted molar refractivity (Wildman–Crippen MR) is 31.2 cm³/mol. The van der Waals surface area contributed by atoms with Crippen LogP contribution in [0.4, 0.5) is 0 Å². The van der Waals surface area contributed by atoms with Gasteiger partial charge in [0.05, 0.1) is 0 Å². The third kappa shape index (κ3) is 2.62. The second-order valence-corrected chi connectivity index (χ2v) is 1.55. The van der Waals surface area contributed by atoms with Crippen molar-refractivity contribution in [1.29, 1.82) is 0 Å². The fraction of sp³-hybridized carbons (Fsp3) is 0.667. The van der Waals surface area contributed by atoms with E-state index in [2.05, 4.69) is 10.8 Å². The molecule has 0 fully saturated rings. The van der Waals surface area contributed by atoms with Crippen LogP contribution in [0.2, 0.25) is 0 Å². The third-order valence-corrected chi connectivity index (χ3v) is 0.864. The Bertz CT molecular complexity index is 83.0. The van der Waals surface area contributed by atoms with E-state index in [1.807, 2.05) is 6.92 Å². The van der Waals surface area contributed by atoms with Crippen LogP contribution in [-0.4, -0.2) is 11.4 Å². The third-order valence-electron chi connectivity index (χ3n) is 0.864. The quantitative estimate of drug-likeness (QED) is 0.340. The number of rotatable bonds is 3. The van der Waals surface area contributed by atoms with Crippen molar-refractivity contribution in [2.24, 2.45) is 0 Å². The van der Waals surface area contributed by atoms with Crippen LogP contribution in [0.1, 0.15) is 19.8 Å². The topological polar surface area (TPSA) is 29.5 Å². The van der Waals surface area contributed by atoms with Gasteiger partial charge in [-0.15, -0.1) is 6.42 Å². The lowest BCUT2D eigenvalue weighted by Gasteiger charge is -2.01. The molecule has 0 heterocycles. The van der Waals surface area contributed by atoms with Crippen LogP contribution in [0.3, 0.4) is 0 Å². The van der Waals surface area contributed by atoms with Gasteiger partial charge < -0.3 is 0 Å². The van der Waals surface area contributed by atoms with E-state index in [1.165, 1.54) is 0 Å². The molecular formula is C6H10O2. The minimum absolute atomic E-state index is 0.417. The fourth-order valence-corrected chi connectivity index (χ4v) is 0.429. The zero-order chi connectivity index (χ0) is 6.41. The van der Waals surface area contributed by atoms with Crippen molar-refractivity contribution < 1.29 is 10.1 Å². The minimum atomic E-state index is -0.417. The molecule has 0 saturated heterocycles. The standard InChI is InChI=1S/C6H10O2/c1-3-5-6(4-2)8-7/h2,6-7H,3,5H2,1H3. The molecule has 0 rings (SSSR count). The first-order valence-corrected chi connectivity index (χ1v) is 2.61. The molecule has 0 aromatic rings. The molecule has 1 unspecified atom stereocenters. The molecule has 1 atom stereocenters. The largest absolute Gasteiger partial charge is 0.251 e. The summed E-state index contributed by atoms with van der Waals surface area (Å²) in [5, 5.41) is 8.01. The maximum Gasteiger partial charge on any atom is 0.152 e. The maximum atomic E-state index is 8.01. The van der Waals surface area contributed by atoms with E-state index in [1.54, 1.807) is 0 Å². The van der Waals surface area contributed by atoms with E-state index < -0.39 is 6.10 Å². The van der Waals surface area contributed by atoms with Crippen LogP contribution in [0.15, 0.2) is 0 Å². The molecule has 0 saturated carbocycles. The lowest BCUT2D eigenvalue weighted by molar-refractivity contribution is -0.264. The van der Waals surface area contributed by atoms with Crippen molar-refractivity contribution in [2.45, 2.75) is 25.9 Å². The van der Waals surface area contributed by atoms with Crippen molar-refractivity contribution in [1.82, 2.24) is 0 Å². The van der Waals surface area contributed by atoms with Gasteiger partial charge in [-0.05, 0) is 6.42 Å². The van der Waals surface area contributed by atoms with E-state index in [9.17, 15) is 0 Å². The number of hydrogen-bond donors (Lipinski definition) is 1. The molecule has 8 heavy (non-hydrogen) atoms. The Labute approximate surface area is 49.4 Å². The summed E-state index contributed by atoms with van der Waals surface area (Å²) in [6.07, 6.45) is 6.16. The Morgan fingerprint density at radius 3 is 2.62 bits per heavy atom. The fourth-order valence-electron chi connectivity index (χ4n) is 0.429. The number of hydrogen-bond acceptors (Lipinski definition) is 2. The summed E-state index contributed by atoms with van der Waals surface area (Å²) in [4.78, 5) is 3.90. The van der Waals surface area contributed by atoms with E-state index in [-0.39, 0.29) is 0 Å². The Hall–Kier alpha value is -0.520. The molecule has 2 nitrogen and oxygen atoms in total. The first kappa shape index (κ1) is 7.48. The second-order valence-electron chi connectivity index (χ2n) is 1.55. The molecule has 1 N–H and O–H groups in total. The minimum Gasteiger partial charge on any atom is -0.251 e. The van der Waals surface area contributed by atoms with Crippen molar-refractivity contribution >= 4 is 0 Å². The highest BCUT2D eigenvalue weighted by atomic mass is 17.1. The molecule has 0 bridgehead atoms. The first-order chi connectivity index (χ1) is 3.85. The van der Waals surface area contributed by atoms with Crippen LogP contribution < -0.4 is 0 Å². The Kier molecular flexibility index (Phi) is 4.33. The summed E-state index contributed by atoms with van der Waals surface area (Å²) in [6.45, 7) is 1.98. The van der Waals surface area contributed by atoms with Crippen molar-refractivity contribution in [3.8, 4) is 12.3 Å². The lowest BCUT2D eigenvalue weighted by atomic mass is 10.2. The smallest absolute Gasteiger partial charge is 0.152 e. The summed E-state index contributed by atoms with van der Waals surface area (Å²) in [5.74, 6) is 2.28. The van der Waals surface area contributed by atoms with Crippen LogP contribution in [0.25, 0.3) is 0 Å². The Morgan fingerprint density at radius 1 is 1.88 bits per heavy atom. The van der Waals surface area contributed by atoms with E-state index in [0.717, 1.165) is 6.42 Å². The highest BCUT2D eigenvalue weighted by molar-refractivity contribution is 4.93. The highest BCUT2D eigenvalue weighted by Gasteiger charge is 1.99. The number of terminal acetylenes is 1. The normalized spacial score (nSPS) is 12.6.